The van der Waals surface area contributed by atoms with E-state index in [-0.39, 0.29) is 30.8 Å². The predicted octanol–water partition coefficient (Wildman–Crippen LogP) is 2.02. The molecule has 0 unspecified atom stereocenters. The van der Waals surface area contributed by atoms with Gasteiger partial charge in [0.25, 0.3) is 0 Å². The molecule has 134 valence electrons. The topological polar surface area (TPSA) is 57.2 Å². The molecule has 6 nitrogen and oxygen atoms in total. The number of methoxy groups -OCH3 is 2. The molecular formula is C18H27NO5. The van der Waals surface area contributed by atoms with Gasteiger partial charge >= 0.3 is 6.09 Å². The van der Waals surface area contributed by atoms with Gasteiger partial charge in [-0.3, -0.25) is 4.90 Å². The lowest BCUT2D eigenvalue weighted by Crippen LogP contribution is -2.55. The third kappa shape index (κ3) is 3.26. The van der Waals surface area contributed by atoms with Gasteiger partial charge in [0.05, 0.1) is 12.0 Å². The summed E-state index contributed by atoms with van der Waals surface area (Å²) >= 11 is 0. The average molecular weight is 337 g/mol. The summed E-state index contributed by atoms with van der Waals surface area (Å²) in [5.41, 5.74) is -0.563. The van der Waals surface area contributed by atoms with Crippen molar-refractivity contribution in [3.05, 3.63) is 0 Å². The summed E-state index contributed by atoms with van der Waals surface area (Å²) in [6.07, 6.45) is 1.75. The van der Waals surface area contributed by atoms with Crippen molar-refractivity contribution in [1.29, 1.82) is 0 Å². The second kappa shape index (κ2) is 6.21. The fraction of sp³-hybridized carbons (Fsp3) is 0.833. The smallest absolute Gasteiger partial charge is 0.410 e. The van der Waals surface area contributed by atoms with Crippen LogP contribution in [0.4, 0.5) is 4.79 Å². The Hall–Kier alpha value is -1.29. The molecule has 0 N–H and O–H groups in total. The number of fused-ring (bicyclic) bond motifs is 1. The fourth-order valence-corrected chi connectivity index (χ4v) is 3.35. The van der Waals surface area contributed by atoms with E-state index in [9.17, 15) is 4.79 Å². The van der Waals surface area contributed by atoms with Crippen LogP contribution in [0.1, 0.15) is 33.6 Å². The van der Waals surface area contributed by atoms with Gasteiger partial charge in [-0.25, -0.2) is 4.79 Å². The standard InChI is InChI=1S/C18H27NO5/c1-17(2,3)24-16(20)19-10-13(9-8-12-6-7-12)14-15(19)18(21-4,22-5)11-23-14/h12-15H,6-7,10-11H2,1-5H3/t13-,14-,15+/m1/s1. The predicted molar refractivity (Wildman–Crippen MR) is 87.2 cm³/mol. The molecule has 1 aliphatic carbocycles. The van der Waals surface area contributed by atoms with E-state index >= 15 is 0 Å². The van der Waals surface area contributed by atoms with Crippen LogP contribution < -0.4 is 0 Å². The first-order valence-corrected chi connectivity index (χ1v) is 8.52. The molecule has 0 radical (unpaired) electrons. The SMILES string of the molecule is COC1(OC)CO[C@@H]2[C@H](C#CC3CC3)CN(C(=O)OC(C)(C)C)[C@@H]21. The van der Waals surface area contributed by atoms with Gasteiger partial charge in [0.2, 0.25) is 5.79 Å². The molecule has 24 heavy (non-hydrogen) atoms. The number of carbonyl (C=O) groups excluding carboxylic acids is 1. The van der Waals surface area contributed by atoms with E-state index in [0.29, 0.717) is 12.5 Å². The van der Waals surface area contributed by atoms with Crippen LogP contribution in [0.5, 0.6) is 0 Å². The Kier molecular flexibility index (Phi) is 4.54. The molecule has 3 fully saturated rings. The highest BCUT2D eigenvalue weighted by molar-refractivity contribution is 5.69. The molecule has 3 aliphatic rings. The van der Waals surface area contributed by atoms with Gasteiger partial charge in [-0.1, -0.05) is 11.8 Å². The number of rotatable bonds is 2. The Morgan fingerprint density at radius 3 is 2.42 bits per heavy atom. The van der Waals surface area contributed by atoms with Crippen molar-refractivity contribution in [3.8, 4) is 11.8 Å². The van der Waals surface area contributed by atoms with Crippen LogP contribution in [0, 0.1) is 23.7 Å². The van der Waals surface area contributed by atoms with Crippen LogP contribution in [-0.4, -0.2) is 61.9 Å². The Bertz CT molecular complexity index is 550. The van der Waals surface area contributed by atoms with Crippen molar-refractivity contribution in [2.45, 2.75) is 57.1 Å². The number of amides is 1. The molecule has 0 aromatic heterocycles. The number of carbonyl (C=O) groups is 1. The van der Waals surface area contributed by atoms with Gasteiger partial charge in [-0.2, -0.15) is 0 Å². The lowest BCUT2D eigenvalue weighted by Gasteiger charge is -2.36. The highest BCUT2D eigenvalue weighted by Gasteiger charge is 2.62. The Balaban J connectivity index is 1.85. The summed E-state index contributed by atoms with van der Waals surface area (Å²) in [5, 5.41) is 0. The molecule has 0 spiro atoms. The minimum Gasteiger partial charge on any atom is -0.444 e. The van der Waals surface area contributed by atoms with Crippen LogP contribution in [0.3, 0.4) is 0 Å². The maximum Gasteiger partial charge on any atom is 0.410 e. The molecule has 0 bridgehead atoms. The zero-order valence-electron chi connectivity index (χ0n) is 15.1. The minimum atomic E-state index is -0.975. The number of likely N-dealkylation sites (tertiary alicyclic amines) is 1. The monoisotopic (exact) mass is 337 g/mol. The van der Waals surface area contributed by atoms with E-state index in [1.165, 1.54) is 12.8 Å². The zero-order chi connectivity index (χ0) is 17.5. The molecule has 2 aliphatic heterocycles. The maximum atomic E-state index is 12.7. The number of hydrogen-bond acceptors (Lipinski definition) is 5. The van der Waals surface area contributed by atoms with Gasteiger partial charge < -0.3 is 18.9 Å². The molecule has 0 aromatic rings. The van der Waals surface area contributed by atoms with E-state index in [1.54, 1.807) is 19.1 Å². The summed E-state index contributed by atoms with van der Waals surface area (Å²) in [4.78, 5) is 14.4. The maximum absolute atomic E-state index is 12.7. The van der Waals surface area contributed by atoms with Crippen LogP contribution in [0.25, 0.3) is 0 Å². The van der Waals surface area contributed by atoms with E-state index in [0.717, 1.165) is 0 Å². The minimum absolute atomic E-state index is 0.0460. The molecule has 3 rings (SSSR count). The van der Waals surface area contributed by atoms with E-state index in [2.05, 4.69) is 11.8 Å². The zero-order valence-corrected chi connectivity index (χ0v) is 15.1. The Morgan fingerprint density at radius 1 is 1.21 bits per heavy atom. The average Bonchev–Trinajstić information content (AvgIpc) is 3.15. The molecule has 1 amide bonds. The third-order valence-electron chi connectivity index (χ3n) is 4.73. The molecule has 3 atom stereocenters. The van der Waals surface area contributed by atoms with Crippen molar-refractivity contribution in [2.75, 3.05) is 27.4 Å². The van der Waals surface area contributed by atoms with Crippen LogP contribution in [0.15, 0.2) is 0 Å². The van der Waals surface area contributed by atoms with Gasteiger partial charge in [-0.15, -0.1) is 0 Å². The van der Waals surface area contributed by atoms with Crippen LogP contribution in [0.2, 0.25) is 0 Å². The highest BCUT2D eigenvalue weighted by atomic mass is 16.7. The lowest BCUT2D eigenvalue weighted by molar-refractivity contribution is -0.224. The molecule has 1 saturated carbocycles. The lowest BCUT2D eigenvalue weighted by atomic mass is 9.99. The van der Waals surface area contributed by atoms with Crippen molar-refractivity contribution in [3.63, 3.8) is 0 Å². The van der Waals surface area contributed by atoms with Gasteiger partial charge in [0.1, 0.15) is 18.2 Å². The van der Waals surface area contributed by atoms with Crippen LogP contribution in [-0.2, 0) is 18.9 Å². The Labute approximate surface area is 143 Å². The second-order valence-corrected chi connectivity index (χ2v) is 7.74. The summed E-state index contributed by atoms with van der Waals surface area (Å²) < 4.78 is 22.7. The van der Waals surface area contributed by atoms with Gasteiger partial charge in [0, 0.05) is 26.7 Å². The summed E-state index contributed by atoms with van der Waals surface area (Å²) in [5.74, 6) is 6.09. The first-order valence-electron chi connectivity index (χ1n) is 8.52. The summed E-state index contributed by atoms with van der Waals surface area (Å²) in [6, 6.07) is -0.360. The molecular weight excluding hydrogens is 310 g/mol. The van der Waals surface area contributed by atoms with Gasteiger partial charge in [0.15, 0.2) is 0 Å². The Morgan fingerprint density at radius 2 is 1.88 bits per heavy atom. The van der Waals surface area contributed by atoms with Crippen molar-refractivity contribution < 1.29 is 23.7 Å². The number of hydrogen-bond donors (Lipinski definition) is 0. The van der Waals surface area contributed by atoms with E-state index < -0.39 is 11.4 Å². The van der Waals surface area contributed by atoms with E-state index in [1.807, 2.05) is 20.8 Å². The summed E-state index contributed by atoms with van der Waals surface area (Å²) in [7, 11) is 3.15. The molecule has 0 aromatic carbocycles. The number of ether oxygens (including phenoxy) is 4. The quantitative estimate of drug-likeness (QED) is 0.570. The second-order valence-electron chi connectivity index (χ2n) is 7.74. The third-order valence-corrected chi connectivity index (χ3v) is 4.73. The first kappa shape index (κ1) is 17.5. The largest absolute Gasteiger partial charge is 0.444 e. The molecule has 6 heteroatoms. The van der Waals surface area contributed by atoms with E-state index in [4.69, 9.17) is 18.9 Å². The fourth-order valence-electron chi connectivity index (χ4n) is 3.35. The van der Waals surface area contributed by atoms with Crippen molar-refractivity contribution in [2.24, 2.45) is 11.8 Å². The summed E-state index contributed by atoms with van der Waals surface area (Å²) in [6.45, 7) is 6.31. The highest BCUT2D eigenvalue weighted by Crippen LogP contribution is 2.42. The first-order chi connectivity index (χ1) is 11.3. The van der Waals surface area contributed by atoms with Crippen molar-refractivity contribution in [1.82, 2.24) is 4.90 Å². The van der Waals surface area contributed by atoms with Gasteiger partial charge in [-0.05, 0) is 33.6 Å². The molecule has 2 saturated heterocycles. The number of nitrogens with zero attached hydrogens (tertiary/aromatic N) is 1. The van der Waals surface area contributed by atoms with Crippen molar-refractivity contribution >= 4 is 6.09 Å². The van der Waals surface area contributed by atoms with Crippen LogP contribution >= 0.6 is 0 Å². The normalized spacial score (nSPS) is 31.4. The molecule has 2 heterocycles.